The molecule has 3 nitrogen and oxygen atoms in total. The molecule has 0 radical (unpaired) electrons. The van der Waals surface area contributed by atoms with Crippen molar-refractivity contribution in [3.63, 3.8) is 0 Å². The lowest BCUT2D eigenvalue weighted by atomic mass is 9.71. The fraction of sp³-hybridized carbons (Fsp3) is 0.824. The first kappa shape index (κ1) is 17.2. The van der Waals surface area contributed by atoms with Crippen LogP contribution < -0.4 is 0 Å². The third-order valence-electron chi connectivity index (χ3n) is 3.68. The second-order valence-corrected chi connectivity index (χ2v) is 8.01. The summed E-state index contributed by atoms with van der Waals surface area (Å²) in [5.74, 6) is 0.318. The van der Waals surface area contributed by atoms with Crippen LogP contribution in [0, 0.1) is 16.7 Å². The molecule has 0 saturated heterocycles. The van der Waals surface area contributed by atoms with Crippen molar-refractivity contribution in [1.29, 1.82) is 0 Å². The van der Waals surface area contributed by atoms with Gasteiger partial charge in [0.2, 0.25) is 5.91 Å². The second-order valence-electron chi connectivity index (χ2n) is 8.01. The van der Waals surface area contributed by atoms with E-state index in [0.29, 0.717) is 26.3 Å². The number of carbonyl (C=O) groups excluding carboxylic acids is 1. The van der Waals surface area contributed by atoms with Crippen molar-refractivity contribution >= 4 is 5.91 Å². The standard InChI is InChI=1S/C17H31NO2/c1-16(2,3)13-14(17(4,5)6)15(19)18-9-7-8-11-20-12-10-18/h7-8,14H,9-13H2,1-6H3. The number of amides is 1. The molecule has 0 bridgehead atoms. The Morgan fingerprint density at radius 1 is 1.20 bits per heavy atom. The summed E-state index contributed by atoms with van der Waals surface area (Å²) in [5.41, 5.74) is 0.139. The molecule has 0 aromatic carbocycles. The van der Waals surface area contributed by atoms with Crippen LogP contribution in [-0.2, 0) is 9.53 Å². The quantitative estimate of drug-likeness (QED) is 0.725. The summed E-state index contributed by atoms with van der Waals surface area (Å²) in [6.45, 7) is 15.8. The maximum absolute atomic E-state index is 12.9. The number of carbonyl (C=O) groups is 1. The summed E-state index contributed by atoms with van der Waals surface area (Å²) in [6.07, 6.45) is 4.94. The maximum Gasteiger partial charge on any atom is 0.226 e. The summed E-state index contributed by atoms with van der Waals surface area (Å²) in [5, 5.41) is 0. The van der Waals surface area contributed by atoms with Crippen LogP contribution in [-0.4, -0.2) is 37.1 Å². The average Bonchev–Trinajstić information content (AvgIpc) is 2.22. The molecular formula is C17H31NO2. The highest BCUT2D eigenvalue weighted by atomic mass is 16.5. The van der Waals surface area contributed by atoms with E-state index in [1.807, 2.05) is 17.1 Å². The first-order valence-corrected chi connectivity index (χ1v) is 7.63. The van der Waals surface area contributed by atoms with Crippen molar-refractivity contribution in [2.75, 3.05) is 26.3 Å². The lowest BCUT2D eigenvalue weighted by molar-refractivity contribution is -0.140. The van der Waals surface area contributed by atoms with E-state index in [2.05, 4.69) is 41.5 Å². The number of nitrogens with zero attached hydrogens (tertiary/aromatic N) is 1. The van der Waals surface area contributed by atoms with Crippen molar-refractivity contribution in [3.05, 3.63) is 12.2 Å². The molecule has 1 aliphatic heterocycles. The number of rotatable bonds is 2. The van der Waals surface area contributed by atoms with Crippen molar-refractivity contribution in [1.82, 2.24) is 4.90 Å². The topological polar surface area (TPSA) is 29.5 Å². The van der Waals surface area contributed by atoms with Gasteiger partial charge in [0.25, 0.3) is 0 Å². The van der Waals surface area contributed by atoms with Crippen LogP contribution in [0.15, 0.2) is 12.2 Å². The predicted octanol–water partition coefficient (Wildman–Crippen LogP) is 3.50. The second kappa shape index (κ2) is 6.75. The fourth-order valence-electron chi connectivity index (χ4n) is 2.48. The van der Waals surface area contributed by atoms with E-state index < -0.39 is 0 Å². The molecule has 0 aromatic rings. The van der Waals surface area contributed by atoms with E-state index in [4.69, 9.17) is 4.74 Å². The third-order valence-corrected chi connectivity index (χ3v) is 3.68. The largest absolute Gasteiger partial charge is 0.376 e. The SMILES string of the molecule is CC(C)(C)CC(C(=O)N1CC=CCOCC1)C(C)(C)C. The molecule has 1 atom stereocenters. The van der Waals surface area contributed by atoms with Gasteiger partial charge in [0.05, 0.1) is 13.2 Å². The molecule has 3 heteroatoms. The lowest BCUT2D eigenvalue weighted by Gasteiger charge is -2.38. The Hall–Kier alpha value is -0.830. The normalized spacial score (nSPS) is 19.4. The Balaban J connectivity index is 2.86. The van der Waals surface area contributed by atoms with Crippen LogP contribution in [0.4, 0.5) is 0 Å². The number of ether oxygens (including phenoxy) is 1. The third kappa shape index (κ3) is 5.66. The van der Waals surface area contributed by atoms with Gasteiger partial charge in [0.15, 0.2) is 0 Å². The Morgan fingerprint density at radius 3 is 2.40 bits per heavy atom. The highest BCUT2D eigenvalue weighted by molar-refractivity contribution is 5.79. The van der Waals surface area contributed by atoms with E-state index in [1.54, 1.807) is 0 Å². The van der Waals surface area contributed by atoms with E-state index in [1.165, 1.54) is 0 Å². The molecular weight excluding hydrogens is 250 g/mol. The zero-order valence-corrected chi connectivity index (χ0v) is 14.0. The zero-order chi connectivity index (χ0) is 15.4. The maximum atomic E-state index is 12.9. The van der Waals surface area contributed by atoms with Crippen LogP contribution in [0.3, 0.4) is 0 Å². The summed E-state index contributed by atoms with van der Waals surface area (Å²) in [7, 11) is 0. The molecule has 1 heterocycles. The van der Waals surface area contributed by atoms with Crippen molar-refractivity contribution < 1.29 is 9.53 Å². The predicted molar refractivity (Wildman–Crippen MR) is 83.6 cm³/mol. The molecule has 0 spiro atoms. The van der Waals surface area contributed by atoms with E-state index in [0.717, 1.165) is 6.42 Å². The van der Waals surface area contributed by atoms with Crippen molar-refractivity contribution in [2.24, 2.45) is 16.7 Å². The first-order valence-electron chi connectivity index (χ1n) is 7.63. The summed E-state index contributed by atoms with van der Waals surface area (Å²) >= 11 is 0. The van der Waals surface area contributed by atoms with Gasteiger partial charge in [-0.25, -0.2) is 0 Å². The molecule has 1 aliphatic rings. The fourth-order valence-corrected chi connectivity index (χ4v) is 2.48. The van der Waals surface area contributed by atoms with Crippen LogP contribution in [0.25, 0.3) is 0 Å². The van der Waals surface area contributed by atoms with Gasteiger partial charge < -0.3 is 9.64 Å². The lowest BCUT2D eigenvalue weighted by Crippen LogP contribution is -2.44. The average molecular weight is 281 g/mol. The highest BCUT2D eigenvalue weighted by Crippen LogP contribution is 2.37. The van der Waals surface area contributed by atoms with Gasteiger partial charge in [-0.2, -0.15) is 0 Å². The van der Waals surface area contributed by atoms with Gasteiger partial charge in [-0.1, -0.05) is 53.7 Å². The molecule has 20 heavy (non-hydrogen) atoms. The first-order chi connectivity index (χ1) is 9.11. The summed E-state index contributed by atoms with van der Waals surface area (Å²) in [4.78, 5) is 14.9. The Labute approximate surface area is 124 Å². The van der Waals surface area contributed by atoms with Crippen LogP contribution in [0.1, 0.15) is 48.0 Å². The summed E-state index contributed by atoms with van der Waals surface area (Å²) < 4.78 is 5.44. The van der Waals surface area contributed by atoms with Crippen LogP contribution >= 0.6 is 0 Å². The molecule has 116 valence electrons. The van der Waals surface area contributed by atoms with Gasteiger partial charge in [-0.05, 0) is 17.3 Å². The van der Waals surface area contributed by atoms with Gasteiger partial charge >= 0.3 is 0 Å². The minimum absolute atomic E-state index is 0.0166. The highest BCUT2D eigenvalue weighted by Gasteiger charge is 2.36. The van der Waals surface area contributed by atoms with E-state index in [-0.39, 0.29) is 22.7 Å². The van der Waals surface area contributed by atoms with E-state index in [9.17, 15) is 4.79 Å². The minimum Gasteiger partial charge on any atom is -0.376 e. The molecule has 0 aromatic heterocycles. The van der Waals surface area contributed by atoms with Gasteiger partial charge in [-0.15, -0.1) is 0 Å². The van der Waals surface area contributed by atoms with Gasteiger partial charge in [0, 0.05) is 19.0 Å². The Kier molecular flexibility index (Phi) is 5.81. The molecule has 1 unspecified atom stereocenters. The Morgan fingerprint density at radius 2 is 1.85 bits per heavy atom. The molecule has 0 N–H and O–H groups in total. The number of hydrogen-bond donors (Lipinski definition) is 0. The monoisotopic (exact) mass is 281 g/mol. The van der Waals surface area contributed by atoms with E-state index >= 15 is 0 Å². The molecule has 1 amide bonds. The number of hydrogen-bond acceptors (Lipinski definition) is 2. The van der Waals surface area contributed by atoms with Crippen molar-refractivity contribution in [3.8, 4) is 0 Å². The van der Waals surface area contributed by atoms with Gasteiger partial charge in [0.1, 0.15) is 0 Å². The zero-order valence-electron chi connectivity index (χ0n) is 14.0. The minimum atomic E-state index is -0.0166. The van der Waals surface area contributed by atoms with Gasteiger partial charge in [-0.3, -0.25) is 4.79 Å². The molecule has 0 saturated carbocycles. The van der Waals surface area contributed by atoms with Crippen LogP contribution in [0.5, 0.6) is 0 Å². The molecule has 0 fully saturated rings. The van der Waals surface area contributed by atoms with Crippen molar-refractivity contribution in [2.45, 2.75) is 48.0 Å². The Bertz CT molecular complexity index is 347. The smallest absolute Gasteiger partial charge is 0.226 e. The van der Waals surface area contributed by atoms with Crippen LogP contribution in [0.2, 0.25) is 0 Å². The molecule has 0 aliphatic carbocycles. The molecule has 1 rings (SSSR count). The summed E-state index contributed by atoms with van der Waals surface area (Å²) in [6, 6.07) is 0.